The first-order chi connectivity index (χ1) is 31.0. The summed E-state index contributed by atoms with van der Waals surface area (Å²) in [5, 5.41) is 22.2. The number of carbonyl (C=O) groups is 3. The van der Waals surface area contributed by atoms with E-state index >= 15 is 0 Å². The fourth-order valence-electron chi connectivity index (χ4n) is 8.33. The minimum Gasteiger partial charge on any atom is -0.493 e. The third-order valence-corrected chi connectivity index (χ3v) is 11.4. The van der Waals surface area contributed by atoms with Gasteiger partial charge in [-0.15, -0.1) is 12.4 Å². The maximum absolute atomic E-state index is 13.8. The van der Waals surface area contributed by atoms with E-state index in [1.54, 1.807) is 69.7 Å². The second-order valence-electron chi connectivity index (χ2n) is 18.1. The number of piperidine rings is 2. The number of benzene rings is 2. The van der Waals surface area contributed by atoms with E-state index in [9.17, 15) is 19.5 Å². The SMILES string of the molecule is COCCCOc1cc(C(=O)N(C(C)C)[C@@H]2CC[C@H](CCO)N(C(=O)OC(C)(C)C)C2)ccc1OC.COCCCOc1cc(C(=O)N(C(C)C)[C@@H]2CC[C@H](CCO)NC2)ccc1OC.Cl. The number of nitrogens with zero attached hydrogens (tertiary/aromatic N) is 3. The topological polar surface area (TPSA) is 178 Å². The third-order valence-electron chi connectivity index (χ3n) is 11.4. The van der Waals surface area contributed by atoms with Crippen molar-refractivity contribution in [1.82, 2.24) is 20.0 Å². The molecule has 4 atom stereocenters. The lowest BCUT2D eigenvalue weighted by molar-refractivity contribution is -0.00993. The molecule has 2 saturated heterocycles. The molecule has 16 nitrogen and oxygen atoms in total. The molecule has 376 valence electrons. The lowest BCUT2D eigenvalue weighted by atomic mass is 9.94. The Labute approximate surface area is 400 Å². The molecule has 0 saturated carbocycles. The van der Waals surface area contributed by atoms with Crippen LogP contribution in [0, 0.1) is 0 Å². The van der Waals surface area contributed by atoms with Crippen molar-refractivity contribution >= 4 is 30.3 Å². The second-order valence-corrected chi connectivity index (χ2v) is 18.1. The molecule has 2 aliphatic heterocycles. The van der Waals surface area contributed by atoms with Gasteiger partial charge >= 0.3 is 6.09 Å². The van der Waals surface area contributed by atoms with Gasteiger partial charge in [0, 0.05) is 108 Å². The maximum Gasteiger partial charge on any atom is 0.410 e. The molecule has 2 aliphatic rings. The van der Waals surface area contributed by atoms with Gasteiger partial charge in [-0.2, -0.15) is 0 Å². The molecule has 17 heteroatoms. The van der Waals surface area contributed by atoms with E-state index in [0.717, 1.165) is 38.6 Å². The molecule has 2 heterocycles. The molecule has 0 bridgehead atoms. The van der Waals surface area contributed by atoms with E-state index in [1.807, 2.05) is 58.3 Å². The summed E-state index contributed by atoms with van der Waals surface area (Å²) in [6.07, 6.45) is 5.58. The van der Waals surface area contributed by atoms with Crippen LogP contribution in [0.5, 0.6) is 23.0 Å². The Hall–Kier alpha value is -4.06. The highest BCUT2D eigenvalue weighted by atomic mass is 35.5. The van der Waals surface area contributed by atoms with E-state index in [-0.39, 0.29) is 67.6 Å². The van der Waals surface area contributed by atoms with Crippen molar-refractivity contribution < 1.29 is 57.8 Å². The highest BCUT2D eigenvalue weighted by Crippen LogP contribution is 2.33. The Morgan fingerprint density at radius 3 is 1.59 bits per heavy atom. The largest absolute Gasteiger partial charge is 0.493 e. The van der Waals surface area contributed by atoms with Crippen LogP contribution in [0.4, 0.5) is 4.79 Å². The molecule has 3 amide bonds. The van der Waals surface area contributed by atoms with Gasteiger partial charge in [0.1, 0.15) is 5.60 Å². The lowest BCUT2D eigenvalue weighted by Crippen LogP contribution is -2.57. The monoisotopic (exact) mass is 953 g/mol. The van der Waals surface area contributed by atoms with Crippen LogP contribution in [0.2, 0.25) is 0 Å². The number of methoxy groups -OCH3 is 4. The number of aliphatic hydroxyl groups is 2. The molecular formula is C49H81ClN4O12. The summed E-state index contributed by atoms with van der Waals surface area (Å²) in [6, 6.07) is 10.7. The van der Waals surface area contributed by atoms with E-state index < -0.39 is 11.7 Å². The number of aliphatic hydroxyl groups excluding tert-OH is 2. The highest BCUT2D eigenvalue weighted by Gasteiger charge is 2.39. The number of amides is 3. The number of ether oxygens (including phenoxy) is 7. The van der Waals surface area contributed by atoms with Gasteiger partial charge in [0.05, 0.1) is 33.5 Å². The van der Waals surface area contributed by atoms with Crippen molar-refractivity contribution in [3.63, 3.8) is 0 Å². The Kier molecular flexibility index (Phi) is 26.1. The Balaban J connectivity index is 0.000000457. The second kappa shape index (κ2) is 29.6. The van der Waals surface area contributed by atoms with Gasteiger partial charge < -0.3 is 63.4 Å². The van der Waals surface area contributed by atoms with Gasteiger partial charge in [-0.05, 0) is 123 Å². The number of rotatable bonds is 22. The summed E-state index contributed by atoms with van der Waals surface area (Å²) >= 11 is 0. The average Bonchev–Trinajstić information content (AvgIpc) is 3.27. The molecule has 0 spiro atoms. The van der Waals surface area contributed by atoms with Crippen LogP contribution in [0.3, 0.4) is 0 Å². The first kappa shape index (κ1) is 58.1. The normalized spacial score (nSPS) is 18.4. The van der Waals surface area contributed by atoms with Crippen LogP contribution < -0.4 is 24.3 Å². The van der Waals surface area contributed by atoms with Crippen LogP contribution in [0.1, 0.15) is 121 Å². The van der Waals surface area contributed by atoms with E-state index in [4.69, 9.17) is 38.3 Å². The summed E-state index contributed by atoms with van der Waals surface area (Å²) < 4.78 is 38.3. The van der Waals surface area contributed by atoms with Crippen molar-refractivity contribution in [2.45, 2.75) is 142 Å². The summed E-state index contributed by atoms with van der Waals surface area (Å²) in [6.45, 7) is 16.9. The van der Waals surface area contributed by atoms with Crippen LogP contribution in [0.15, 0.2) is 36.4 Å². The van der Waals surface area contributed by atoms with Crippen molar-refractivity contribution in [2.24, 2.45) is 0 Å². The smallest absolute Gasteiger partial charge is 0.410 e. The predicted molar refractivity (Wildman–Crippen MR) is 258 cm³/mol. The zero-order chi connectivity index (χ0) is 48.1. The van der Waals surface area contributed by atoms with E-state index in [1.165, 1.54) is 0 Å². The molecule has 4 rings (SSSR count). The Morgan fingerprint density at radius 1 is 0.697 bits per heavy atom. The molecule has 2 fully saturated rings. The van der Waals surface area contributed by atoms with Crippen LogP contribution >= 0.6 is 12.4 Å². The van der Waals surface area contributed by atoms with Gasteiger partial charge in [0.15, 0.2) is 23.0 Å². The molecule has 0 radical (unpaired) electrons. The number of likely N-dealkylation sites (tertiary alicyclic amines) is 1. The standard InChI is InChI=1S/C27H44N2O7.C22H36N2O5.ClH/c1-19(2)29(22-11-10-21(13-14-30)28(18-22)26(32)36-27(3,4)5)25(31)20-9-12-23(34-7)24(17-20)35-16-8-15-33-6;1-16(2)24(19-8-7-18(10-11-25)23-15-19)22(26)17-6-9-20(28-4)21(14-17)29-13-5-12-27-3;/h9,12,17,19,21-22,30H,8,10-11,13-16,18H2,1-7H3;6,9,14,16,18-19,23,25H,5,7-8,10-13,15H2,1-4H3;1H/t21-,22-;18-,19-;/m11./s1. The van der Waals surface area contributed by atoms with Crippen molar-refractivity contribution in [1.29, 1.82) is 0 Å². The van der Waals surface area contributed by atoms with Gasteiger partial charge in [-0.3, -0.25) is 9.59 Å². The number of hydrogen-bond acceptors (Lipinski definition) is 13. The fourth-order valence-corrected chi connectivity index (χ4v) is 8.33. The first-order valence-corrected chi connectivity index (χ1v) is 23.2. The molecule has 66 heavy (non-hydrogen) atoms. The summed E-state index contributed by atoms with van der Waals surface area (Å²) in [5.41, 5.74) is 0.454. The van der Waals surface area contributed by atoms with Gasteiger partial charge in [-0.25, -0.2) is 4.79 Å². The highest BCUT2D eigenvalue weighted by molar-refractivity contribution is 5.96. The third kappa shape index (κ3) is 17.9. The number of hydrogen-bond donors (Lipinski definition) is 3. The minimum atomic E-state index is -0.635. The molecule has 0 aliphatic carbocycles. The zero-order valence-corrected chi connectivity index (χ0v) is 42.3. The van der Waals surface area contributed by atoms with Crippen molar-refractivity contribution in [2.75, 3.05) is 81.2 Å². The number of nitrogens with one attached hydrogen (secondary N) is 1. The van der Waals surface area contributed by atoms with Crippen molar-refractivity contribution in [3.8, 4) is 23.0 Å². The summed E-state index contributed by atoms with van der Waals surface area (Å²) in [7, 11) is 6.46. The molecule has 2 aromatic rings. The molecule has 0 unspecified atom stereocenters. The van der Waals surface area contributed by atoms with Crippen LogP contribution in [-0.2, 0) is 14.2 Å². The molecule has 2 aromatic carbocycles. The average molecular weight is 954 g/mol. The number of halogens is 1. The minimum absolute atomic E-state index is 0. The molecule has 0 aromatic heterocycles. The lowest BCUT2D eigenvalue weighted by Gasteiger charge is -2.45. The Bertz CT molecular complexity index is 1740. The Morgan fingerprint density at radius 2 is 1.18 bits per heavy atom. The first-order valence-electron chi connectivity index (χ1n) is 23.2. The van der Waals surface area contributed by atoms with E-state index in [0.29, 0.717) is 92.4 Å². The van der Waals surface area contributed by atoms with Crippen LogP contribution in [-0.4, -0.2) is 166 Å². The van der Waals surface area contributed by atoms with Crippen LogP contribution in [0.25, 0.3) is 0 Å². The van der Waals surface area contributed by atoms with Gasteiger partial charge in [0.25, 0.3) is 11.8 Å². The molecular weight excluding hydrogens is 872 g/mol. The quantitative estimate of drug-likeness (QED) is 0.103. The van der Waals surface area contributed by atoms with E-state index in [2.05, 4.69) is 5.32 Å². The summed E-state index contributed by atoms with van der Waals surface area (Å²) in [4.78, 5) is 45.6. The molecule has 3 N–H and O–H groups in total. The maximum atomic E-state index is 13.8. The predicted octanol–water partition coefficient (Wildman–Crippen LogP) is 7.00. The van der Waals surface area contributed by atoms with Gasteiger partial charge in [0.2, 0.25) is 0 Å². The summed E-state index contributed by atoms with van der Waals surface area (Å²) in [5.74, 6) is 2.11. The fraction of sp³-hybridized carbons (Fsp3) is 0.694. The number of carbonyl (C=O) groups excluding carboxylic acids is 3. The van der Waals surface area contributed by atoms with Crippen molar-refractivity contribution in [3.05, 3.63) is 47.5 Å². The zero-order valence-electron chi connectivity index (χ0n) is 41.5. The van der Waals surface area contributed by atoms with Gasteiger partial charge in [-0.1, -0.05) is 0 Å².